The zero-order valence-corrected chi connectivity index (χ0v) is 10.6. The summed E-state index contributed by atoms with van der Waals surface area (Å²) in [5.41, 5.74) is 5.19. The highest BCUT2D eigenvalue weighted by Gasteiger charge is 1.93. The molecule has 0 saturated carbocycles. The molecule has 0 nitrogen and oxygen atoms in total. The Bertz CT molecular complexity index is 413. The fourth-order valence-corrected chi connectivity index (χ4v) is 1.47. The van der Waals surface area contributed by atoms with Crippen molar-refractivity contribution >= 4 is 5.57 Å². The van der Waals surface area contributed by atoms with E-state index in [-0.39, 0.29) is 0 Å². The maximum Gasteiger partial charge on any atom is -0.0227 e. The Hall–Kier alpha value is -1.56. The number of hydrogen-bond acceptors (Lipinski definition) is 0. The molecule has 0 atom stereocenters. The van der Waals surface area contributed by atoms with E-state index in [0.717, 1.165) is 0 Å². The molecule has 0 spiro atoms. The van der Waals surface area contributed by atoms with Crippen molar-refractivity contribution in [3.8, 4) is 0 Å². The molecule has 0 amide bonds. The Labute approximate surface area is 99.0 Å². The highest BCUT2D eigenvalue weighted by molar-refractivity contribution is 5.66. The summed E-state index contributed by atoms with van der Waals surface area (Å²) in [6.07, 6.45) is 6.51. The lowest BCUT2D eigenvalue weighted by atomic mass is 10.0. The van der Waals surface area contributed by atoms with E-state index < -0.39 is 0 Å². The monoisotopic (exact) mass is 212 g/mol. The third-order valence-corrected chi connectivity index (χ3v) is 2.35. The van der Waals surface area contributed by atoms with Gasteiger partial charge in [0.25, 0.3) is 0 Å². The summed E-state index contributed by atoms with van der Waals surface area (Å²) in [5, 5.41) is 0. The van der Waals surface area contributed by atoms with E-state index in [4.69, 9.17) is 0 Å². The van der Waals surface area contributed by atoms with Crippen molar-refractivity contribution in [3.63, 3.8) is 0 Å². The molecule has 1 aromatic rings. The molecule has 0 heteroatoms. The molecule has 1 rings (SSSR count). The first-order valence-corrected chi connectivity index (χ1v) is 5.65. The summed E-state index contributed by atoms with van der Waals surface area (Å²) in [4.78, 5) is 0. The molecule has 0 saturated heterocycles. The van der Waals surface area contributed by atoms with Crippen molar-refractivity contribution in [2.24, 2.45) is 0 Å². The molecule has 0 radical (unpaired) electrons. The van der Waals surface area contributed by atoms with Crippen LogP contribution in [-0.4, -0.2) is 0 Å². The van der Waals surface area contributed by atoms with Crippen LogP contribution in [0.25, 0.3) is 5.57 Å². The maximum absolute atomic E-state index is 2.22. The second-order valence-electron chi connectivity index (χ2n) is 4.35. The van der Waals surface area contributed by atoms with Crippen LogP contribution >= 0.6 is 0 Å². The van der Waals surface area contributed by atoms with Gasteiger partial charge in [-0.3, -0.25) is 0 Å². The number of allylic oxidation sites excluding steroid dienone is 6. The third-order valence-electron chi connectivity index (χ3n) is 2.35. The summed E-state index contributed by atoms with van der Waals surface area (Å²) in [6, 6.07) is 10.5. The lowest BCUT2D eigenvalue weighted by Gasteiger charge is -2.01. The van der Waals surface area contributed by atoms with E-state index in [1.165, 1.54) is 22.3 Å². The van der Waals surface area contributed by atoms with Gasteiger partial charge in [0.05, 0.1) is 0 Å². The van der Waals surface area contributed by atoms with E-state index in [9.17, 15) is 0 Å². The molecule has 0 unspecified atom stereocenters. The molecule has 1 aromatic carbocycles. The van der Waals surface area contributed by atoms with Crippen LogP contribution in [0.5, 0.6) is 0 Å². The Kier molecular flexibility index (Phi) is 4.78. The van der Waals surface area contributed by atoms with Crippen molar-refractivity contribution in [1.29, 1.82) is 0 Å². The Balaban J connectivity index is 2.86. The first-order valence-electron chi connectivity index (χ1n) is 5.65. The van der Waals surface area contributed by atoms with Crippen molar-refractivity contribution < 1.29 is 0 Å². The lowest BCUT2D eigenvalue weighted by Crippen LogP contribution is -1.79. The minimum atomic E-state index is 1.28. The predicted molar refractivity (Wildman–Crippen MR) is 73.3 cm³/mol. The maximum atomic E-state index is 2.22. The van der Waals surface area contributed by atoms with Crippen molar-refractivity contribution in [2.45, 2.75) is 27.7 Å². The average Bonchev–Trinajstić information content (AvgIpc) is 2.27. The summed E-state index contributed by atoms with van der Waals surface area (Å²) in [7, 11) is 0. The molecule has 0 bridgehead atoms. The van der Waals surface area contributed by atoms with Crippen molar-refractivity contribution in [2.75, 3.05) is 0 Å². The normalized spacial score (nSPS) is 12.5. The highest BCUT2D eigenvalue weighted by Crippen LogP contribution is 2.15. The summed E-state index contributed by atoms with van der Waals surface area (Å²) < 4.78 is 0. The lowest BCUT2D eigenvalue weighted by molar-refractivity contribution is 1.38. The zero-order chi connectivity index (χ0) is 12.0. The molecule has 16 heavy (non-hydrogen) atoms. The van der Waals surface area contributed by atoms with Crippen LogP contribution in [0.1, 0.15) is 33.3 Å². The van der Waals surface area contributed by atoms with Gasteiger partial charge in [-0.15, -0.1) is 0 Å². The smallest absolute Gasteiger partial charge is 0.0227 e. The van der Waals surface area contributed by atoms with Gasteiger partial charge in [-0.25, -0.2) is 0 Å². The van der Waals surface area contributed by atoms with Gasteiger partial charge in [0.2, 0.25) is 0 Å². The van der Waals surface area contributed by atoms with Crippen LogP contribution in [0.4, 0.5) is 0 Å². The first kappa shape index (κ1) is 12.5. The standard InChI is InChI=1S/C16H20/c1-13(2)10-11-14(3)12-15(4)16-8-6-5-7-9-16/h5-12H,1-4H3/b14-11+,15-12-. The van der Waals surface area contributed by atoms with E-state index in [0.29, 0.717) is 0 Å². The fourth-order valence-electron chi connectivity index (χ4n) is 1.47. The van der Waals surface area contributed by atoms with Crippen LogP contribution in [0, 0.1) is 0 Å². The van der Waals surface area contributed by atoms with Crippen LogP contribution in [0.3, 0.4) is 0 Å². The zero-order valence-electron chi connectivity index (χ0n) is 10.6. The van der Waals surface area contributed by atoms with E-state index in [2.05, 4.69) is 70.2 Å². The first-order chi connectivity index (χ1) is 7.59. The van der Waals surface area contributed by atoms with Crippen LogP contribution in [-0.2, 0) is 0 Å². The SMILES string of the molecule is CC(C)=C/C=C(C)/C=C(/C)c1ccccc1. The van der Waals surface area contributed by atoms with Gasteiger partial charge in [-0.1, -0.05) is 59.7 Å². The molecular formula is C16H20. The number of benzene rings is 1. The number of hydrogen-bond donors (Lipinski definition) is 0. The summed E-state index contributed by atoms with van der Waals surface area (Å²) in [6.45, 7) is 8.50. The molecular weight excluding hydrogens is 192 g/mol. The van der Waals surface area contributed by atoms with Crippen LogP contribution in [0.15, 0.2) is 59.7 Å². The van der Waals surface area contributed by atoms with E-state index >= 15 is 0 Å². The topological polar surface area (TPSA) is 0 Å². The minimum Gasteiger partial charge on any atom is -0.0764 e. The third kappa shape index (κ3) is 4.31. The second-order valence-corrected chi connectivity index (χ2v) is 4.35. The van der Waals surface area contributed by atoms with Gasteiger partial charge in [-0.2, -0.15) is 0 Å². The van der Waals surface area contributed by atoms with E-state index in [1.54, 1.807) is 0 Å². The fraction of sp³-hybridized carbons (Fsp3) is 0.250. The van der Waals surface area contributed by atoms with Crippen molar-refractivity contribution in [1.82, 2.24) is 0 Å². The molecule has 0 heterocycles. The van der Waals surface area contributed by atoms with Gasteiger partial charge in [-0.05, 0) is 38.8 Å². The highest BCUT2D eigenvalue weighted by atomic mass is 14.0. The molecule has 0 N–H and O–H groups in total. The van der Waals surface area contributed by atoms with Gasteiger partial charge in [0.15, 0.2) is 0 Å². The molecule has 0 fully saturated rings. The molecule has 0 aliphatic rings. The predicted octanol–water partition coefficient (Wildman–Crippen LogP) is 5.00. The van der Waals surface area contributed by atoms with Gasteiger partial charge in [0, 0.05) is 0 Å². The second kappa shape index (κ2) is 6.12. The average molecular weight is 212 g/mol. The molecule has 0 aromatic heterocycles. The van der Waals surface area contributed by atoms with Crippen molar-refractivity contribution in [3.05, 3.63) is 65.3 Å². The molecule has 0 aliphatic heterocycles. The largest absolute Gasteiger partial charge is 0.0764 e. The Morgan fingerprint density at radius 3 is 2.06 bits per heavy atom. The minimum absolute atomic E-state index is 1.28. The molecule has 0 aliphatic carbocycles. The quantitative estimate of drug-likeness (QED) is 0.618. The summed E-state index contributed by atoms with van der Waals surface area (Å²) >= 11 is 0. The molecule has 84 valence electrons. The Morgan fingerprint density at radius 2 is 1.50 bits per heavy atom. The van der Waals surface area contributed by atoms with Gasteiger partial charge < -0.3 is 0 Å². The van der Waals surface area contributed by atoms with Gasteiger partial charge in [0.1, 0.15) is 0 Å². The van der Waals surface area contributed by atoms with Crippen LogP contribution < -0.4 is 0 Å². The summed E-state index contributed by atoms with van der Waals surface area (Å²) in [5.74, 6) is 0. The number of rotatable bonds is 3. The van der Waals surface area contributed by atoms with Gasteiger partial charge >= 0.3 is 0 Å². The Morgan fingerprint density at radius 1 is 0.875 bits per heavy atom. The van der Waals surface area contributed by atoms with E-state index in [1.807, 2.05) is 6.07 Å². The van der Waals surface area contributed by atoms with Crippen LogP contribution in [0.2, 0.25) is 0 Å².